The molecule has 2 N–H and O–H groups in total. The molecule has 1 amide bonds. The SMILES string of the molecule is CC1=CC=C(Oc2cc(C(=O)N[C@H](C)c3cnc(C(F)(F)F)nc3)cc(-c3ncc(C)s3)c2)NO1. The lowest BCUT2D eigenvalue weighted by molar-refractivity contribution is -0.145. The third-order valence-corrected chi connectivity index (χ3v) is 5.78. The predicted octanol–water partition coefficient (Wildman–Crippen LogP) is 5.08. The van der Waals surface area contributed by atoms with Gasteiger partial charge in [-0.1, -0.05) is 0 Å². The minimum atomic E-state index is -4.64. The molecule has 0 unspecified atom stereocenters. The molecule has 0 bridgehead atoms. The second kappa shape index (κ2) is 9.74. The lowest BCUT2D eigenvalue weighted by Crippen LogP contribution is -2.27. The number of benzene rings is 1. The summed E-state index contributed by atoms with van der Waals surface area (Å²) >= 11 is 1.46. The van der Waals surface area contributed by atoms with Crippen molar-refractivity contribution in [3.05, 3.63) is 82.4 Å². The molecular weight excluding hydrogens is 483 g/mol. The molecule has 1 aromatic carbocycles. The predicted molar refractivity (Wildman–Crippen MR) is 122 cm³/mol. The third kappa shape index (κ3) is 5.96. The van der Waals surface area contributed by atoms with E-state index in [1.165, 1.54) is 11.3 Å². The summed E-state index contributed by atoms with van der Waals surface area (Å²) in [6, 6.07) is 4.31. The first kappa shape index (κ1) is 24.2. The Bertz CT molecular complexity index is 1300. The highest BCUT2D eigenvalue weighted by atomic mass is 32.1. The van der Waals surface area contributed by atoms with Gasteiger partial charge in [-0.2, -0.15) is 18.7 Å². The van der Waals surface area contributed by atoms with Crippen LogP contribution in [-0.2, 0) is 11.0 Å². The minimum Gasteiger partial charge on any atom is -0.438 e. The molecule has 2 aromatic heterocycles. The minimum absolute atomic E-state index is 0.272. The van der Waals surface area contributed by atoms with Crippen molar-refractivity contribution < 1.29 is 27.5 Å². The number of allylic oxidation sites excluding steroid dienone is 3. The van der Waals surface area contributed by atoms with E-state index in [2.05, 4.69) is 25.7 Å². The standard InChI is InChI=1S/C23H20F3N5O3S/c1-12-4-5-19(31-34-12)33-18-7-15(6-16(8-18)21-27-9-13(2)35-21)20(32)30-14(3)17-10-28-22(29-11-17)23(24,25)26/h4-11,14,31H,1-3H3,(H,30,32)/t14-/m1/s1. The largest absolute Gasteiger partial charge is 0.451 e. The van der Waals surface area contributed by atoms with E-state index < -0.39 is 23.9 Å². The van der Waals surface area contributed by atoms with Gasteiger partial charge in [-0.15, -0.1) is 11.3 Å². The molecule has 1 atom stereocenters. The summed E-state index contributed by atoms with van der Waals surface area (Å²) in [6.07, 6.45) is 2.58. The zero-order valence-electron chi connectivity index (χ0n) is 18.8. The number of carbonyl (C=O) groups is 1. The number of hydrogen-bond donors (Lipinski definition) is 2. The number of rotatable bonds is 6. The number of ether oxygens (including phenoxy) is 1. The number of hydroxylamine groups is 1. The van der Waals surface area contributed by atoms with E-state index in [0.717, 1.165) is 17.3 Å². The normalized spacial score (nSPS) is 14.2. The van der Waals surface area contributed by atoms with Crippen LogP contribution in [0.2, 0.25) is 0 Å². The molecule has 0 saturated carbocycles. The van der Waals surface area contributed by atoms with Crippen molar-refractivity contribution in [1.29, 1.82) is 0 Å². The van der Waals surface area contributed by atoms with Crippen LogP contribution in [0.5, 0.6) is 5.75 Å². The summed E-state index contributed by atoms with van der Waals surface area (Å²) in [5.41, 5.74) is 3.92. The maximum Gasteiger partial charge on any atom is 0.451 e. The first-order chi connectivity index (χ1) is 16.6. The quantitative estimate of drug-likeness (QED) is 0.484. The number of alkyl halides is 3. The van der Waals surface area contributed by atoms with E-state index in [1.54, 1.807) is 50.4 Å². The highest BCUT2D eigenvalue weighted by Crippen LogP contribution is 2.31. The molecule has 3 aromatic rings. The number of halogens is 3. The monoisotopic (exact) mass is 503 g/mol. The van der Waals surface area contributed by atoms with Gasteiger partial charge < -0.3 is 14.9 Å². The van der Waals surface area contributed by atoms with E-state index >= 15 is 0 Å². The molecule has 35 heavy (non-hydrogen) atoms. The van der Waals surface area contributed by atoms with Crippen LogP contribution >= 0.6 is 11.3 Å². The van der Waals surface area contributed by atoms with E-state index in [0.29, 0.717) is 33.5 Å². The number of thiazole rings is 1. The van der Waals surface area contributed by atoms with Crippen LogP contribution in [0.1, 0.15) is 46.5 Å². The molecule has 0 fully saturated rings. The Hall–Kier alpha value is -3.93. The van der Waals surface area contributed by atoms with Crippen molar-refractivity contribution >= 4 is 17.2 Å². The van der Waals surface area contributed by atoms with Crippen LogP contribution in [0.15, 0.2) is 60.6 Å². The van der Waals surface area contributed by atoms with Gasteiger partial charge >= 0.3 is 6.18 Å². The first-order valence-corrected chi connectivity index (χ1v) is 11.2. The maximum absolute atomic E-state index is 13.1. The summed E-state index contributed by atoms with van der Waals surface area (Å²) in [6.45, 7) is 5.32. The van der Waals surface area contributed by atoms with Crippen molar-refractivity contribution in [3.63, 3.8) is 0 Å². The fraction of sp³-hybridized carbons (Fsp3) is 0.217. The fourth-order valence-corrected chi connectivity index (χ4v) is 3.80. The maximum atomic E-state index is 13.1. The molecule has 8 nitrogen and oxygen atoms in total. The number of aromatic nitrogens is 3. The van der Waals surface area contributed by atoms with Crippen LogP contribution < -0.4 is 15.5 Å². The molecule has 0 saturated heterocycles. The Morgan fingerprint density at radius 1 is 1.11 bits per heavy atom. The zero-order valence-corrected chi connectivity index (χ0v) is 19.6. The van der Waals surface area contributed by atoms with Gasteiger partial charge in [0.1, 0.15) is 16.5 Å². The van der Waals surface area contributed by atoms with Gasteiger partial charge in [0.25, 0.3) is 5.91 Å². The molecule has 0 radical (unpaired) electrons. The molecule has 1 aliphatic rings. The summed E-state index contributed by atoms with van der Waals surface area (Å²) in [5.74, 6) is -0.362. The van der Waals surface area contributed by atoms with Gasteiger partial charge in [0.2, 0.25) is 11.7 Å². The smallest absolute Gasteiger partial charge is 0.438 e. The molecule has 12 heteroatoms. The molecule has 4 rings (SSSR count). The molecule has 1 aliphatic heterocycles. The number of nitrogens with zero attached hydrogens (tertiary/aromatic N) is 3. The van der Waals surface area contributed by atoms with Gasteiger partial charge in [-0.25, -0.2) is 15.0 Å². The van der Waals surface area contributed by atoms with Gasteiger partial charge in [0.15, 0.2) is 0 Å². The van der Waals surface area contributed by atoms with Crippen LogP contribution in [0.3, 0.4) is 0 Å². The van der Waals surface area contributed by atoms with Crippen molar-refractivity contribution in [1.82, 2.24) is 25.7 Å². The Kier molecular flexibility index (Phi) is 6.74. The van der Waals surface area contributed by atoms with Gasteiger partial charge in [-0.05, 0) is 45.0 Å². The van der Waals surface area contributed by atoms with Crippen molar-refractivity contribution in [3.8, 4) is 16.3 Å². The van der Waals surface area contributed by atoms with E-state index in [1.807, 2.05) is 6.92 Å². The lowest BCUT2D eigenvalue weighted by Gasteiger charge is -2.18. The lowest BCUT2D eigenvalue weighted by atomic mass is 10.1. The fourth-order valence-electron chi connectivity index (χ4n) is 3.05. The molecule has 3 heterocycles. The van der Waals surface area contributed by atoms with E-state index in [9.17, 15) is 18.0 Å². The van der Waals surface area contributed by atoms with Gasteiger partial charge in [-0.3, -0.25) is 4.79 Å². The van der Waals surface area contributed by atoms with Crippen LogP contribution in [0.25, 0.3) is 10.6 Å². The summed E-state index contributed by atoms with van der Waals surface area (Å²) in [4.78, 5) is 30.4. The summed E-state index contributed by atoms with van der Waals surface area (Å²) in [7, 11) is 0. The number of aryl methyl sites for hydroxylation is 1. The zero-order chi connectivity index (χ0) is 25.2. The van der Waals surface area contributed by atoms with Crippen LogP contribution in [0, 0.1) is 6.92 Å². The van der Waals surface area contributed by atoms with Crippen LogP contribution in [-0.4, -0.2) is 20.9 Å². The topological polar surface area (TPSA) is 98.3 Å². The molecule has 0 spiro atoms. The highest BCUT2D eigenvalue weighted by molar-refractivity contribution is 7.14. The average molecular weight is 504 g/mol. The molecular formula is C23H20F3N5O3S. The van der Waals surface area contributed by atoms with E-state index in [4.69, 9.17) is 9.57 Å². The number of nitrogens with one attached hydrogen (secondary N) is 2. The second-order valence-corrected chi connectivity index (χ2v) is 8.90. The van der Waals surface area contributed by atoms with Crippen molar-refractivity contribution in [2.45, 2.75) is 33.0 Å². The average Bonchev–Trinajstić information content (AvgIpc) is 3.26. The Balaban J connectivity index is 1.59. The summed E-state index contributed by atoms with van der Waals surface area (Å²) < 4.78 is 44.0. The van der Waals surface area contributed by atoms with Crippen LogP contribution in [0.4, 0.5) is 13.2 Å². The number of amides is 1. The number of hydrogen-bond acceptors (Lipinski definition) is 8. The Morgan fingerprint density at radius 2 is 1.86 bits per heavy atom. The van der Waals surface area contributed by atoms with Gasteiger partial charge in [0, 0.05) is 46.2 Å². The summed E-state index contributed by atoms with van der Waals surface area (Å²) in [5, 5.41) is 3.45. The third-order valence-electron chi connectivity index (χ3n) is 4.82. The van der Waals surface area contributed by atoms with E-state index in [-0.39, 0.29) is 5.56 Å². The number of carbonyl (C=O) groups excluding carboxylic acids is 1. The first-order valence-electron chi connectivity index (χ1n) is 10.4. The highest BCUT2D eigenvalue weighted by Gasteiger charge is 2.34. The Morgan fingerprint density at radius 3 is 2.46 bits per heavy atom. The molecule has 0 aliphatic carbocycles. The van der Waals surface area contributed by atoms with Crippen molar-refractivity contribution in [2.24, 2.45) is 0 Å². The van der Waals surface area contributed by atoms with Gasteiger partial charge in [0.05, 0.1) is 6.04 Å². The second-order valence-electron chi connectivity index (χ2n) is 7.67. The Labute approximate surface area is 202 Å². The molecule has 182 valence electrons. The van der Waals surface area contributed by atoms with Crippen molar-refractivity contribution in [2.75, 3.05) is 0 Å².